The molecule has 2 heterocycles. The summed E-state index contributed by atoms with van der Waals surface area (Å²) in [5.74, 6) is -3.92. The number of rotatable bonds is 8. The Balaban J connectivity index is 1.64. The lowest BCUT2D eigenvalue weighted by molar-refractivity contribution is -0.115. The number of aromatic nitrogens is 2. The molecular formula is C28H35F2N5O5S. The fraction of sp³-hybridized carbons (Fsp3) is 0.464. The van der Waals surface area contributed by atoms with Crippen LogP contribution >= 0.6 is 0 Å². The van der Waals surface area contributed by atoms with Crippen LogP contribution in [0.1, 0.15) is 46.4 Å². The molecule has 0 unspecified atom stereocenters. The molecule has 1 aromatic heterocycles. The zero-order valence-corrected chi connectivity index (χ0v) is 24.5. The minimum Gasteiger partial charge on any atom is -0.381 e. The Bertz CT molecular complexity index is 1530. The number of imidazole rings is 1. The number of sulfonamides is 1. The molecule has 1 aliphatic rings. The molecule has 3 amide bonds. The maximum Gasteiger partial charge on any atom is 0.328 e. The molecule has 222 valence electrons. The van der Waals surface area contributed by atoms with Crippen LogP contribution in [0.5, 0.6) is 0 Å². The number of carbonyl (C=O) groups excluding carboxylic acids is 2. The molecule has 0 saturated carbocycles. The van der Waals surface area contributed by atoms with Crippen molar-refractivity contribution in [1.82, 2.24) is 14.9 Å². The van der Waals surface area contributed by atoms with E-state index in [1.54, 1.807) is 26.0 Å². The molecule has 41 heavy (non-hydrogen) atoms. The molecule has 1 N–H and O–H groups in total. The van der Waals surface area contributed by atoms with Crippen LogP contribution in [-0.4, -0.2) is 56.2 Å². The van der Waals surface area contributed by atoms with Crippen molar-refractivity contribution in [3.8, 4) is 0 Å². The van der Waals surface area contributed by atoms with Crippen LogP contribution in [0.2, 0.25) is 0 Å². The quantitative estimate of drug-likeness (QED) is 0.400. The van der Waals surface area contributed by atoms with Crippen molar-refractivity contribution >= 4 is 44.4 Å². The van der Waals surface area contributed by atoms with Gasteiger partial charge in [0.05, 0.1) is 27.3 Å². The predicted octanol–water partition coefficient (Wildman–Crippen LogP) is 4.87. The molecule has 0 radical (unpaired) electrons. The molecule has 4 rings (SSSR count). The third-order valence-electron chi connectivity index (χ3n) is 6.95. The molecule has 0 atom stereocenters. The van der Waals surface area contributed by atoms with Crippen molar-refractivity contribution in [2.24, 2.45) is 5.92 Å². The number of imide groups is 1. The zero-order chi connectivity index (χ0) is 30.1. The van der Waals surface area contributed by atoms with Gasteiger partial charge < -0.3 is 14.6 Å². The molecule has 1 saturated heterocycles. The van der Waals surface area contributed by atoms with Gasteiger partial charge in [-0.15, -0.1) is 0 Å². The minimum absolute atomic E-state index is 0.0811. The molecule has 0 spiro atoms. The van der Waals surface area contributed by atoms with Gasteiger partial charge >= 0.3 is 12.0 Å². The third-order valence-corrected chi connectivity index (χ3v) is 8.75. The van der Waals surface area contributed by atoms with Gasteiger partial charge in [-0.1, -0.05) is 0 Å². The van der Waals surface area contributed by atoms with E-state index in [-0.39, 0.29) is 39.6 Å². The molecule has 10 nitrogen and oxygen atoms in total. The number of benzene rings is 2. The number of carbonyl (C=O) groups is 2. The summed E-state index contributed by atoms with van der Waals surface area (Å²) in [4.78, 5) is 29.7. The summed E-state index contributed by atoms with van der Waals surface area (Å²) in [5, 5.41) is 2.64. The maximum atomic E-state index is 14.6. The van der Waals surface area contributed by atoms with Gasteiger partial charge in [-0.25, -0.2) is 23.1 Å². The minimum atomic E-state index is -4.08. The first-order valence-corrected chi connectivity index (χ1v) is 14.8. The van der Waals surface area contributed by atoms with Gasteiger partial charge in [-0.05, 0) is 75.1 Å². The second-order valence-corrected chi connectivity index (χ2v) is 12.6. The third kappa shape index (κ3) is 6.51. The Labute approximate surface area is 238 Å². The second-order valence-electron chi connectivity index (χ2n) is 10.6. The number of amides is 3. The summed E-state index contributed by atoms with van der Waals surface area (Å²) < 4.78 is 64.0. The van der Waals surface area contributed by atoms with Crippen LogP contribution < -0.4 is 14.5 Å². The highest BCUT2D eigenvalue weighted by atomic mass is 32.2. The van der Waals surface area contributed by atoms with E-state index >= 15 is 0 Å². The standard InChI is InChI=1S/C28H35F2N5O5S/c1-18(2)31-27(37)35(19(3)36)21-6-9-23(10-7-21)41(38,39)33(5)22-8-11-25-24(16-22)32-26(28(4,29)30)34(25)17-20-12-14-40-15-13-20/h6-11,16,18,20H,12-15,17H2,1-5H3,(H,31,37). The van der Waals surface area contributed by atoms with Crippen molar-refractivity contribution in [2.45, 2.75) is 63.9 Å². The normalized spacial score (nSPS) is 14.8. The topological polar surface area (TPSA) is 114 Å². The lowest BCUT2D eigenvalue weighted by Crippen LogP contribution is -2.45. The fourth-order valence-electron chi connectivity index (χ4n) is 4.84. The van der Waals surface area contributed by atoms with Gasteiger partial charge in [0, 0.05) is 46.7 Å². The van der Waals surface area contributed by atoms with Gasteiger partial charge in [0.1, 0.15) is 0 Å². The van der Waals surface area contributed by atoms with Gasteiger partial charge in [0.25, 0.3) is 10.0 Å². The van der Waals surface area contributed by atoms with Gasteiger partial charge in [0.2, 0.25) is 5.91 Å². The highest BCUT2D eigenvalue weighted by Gasteiger charge is 2.33. The van der Waals surface area contributed by atoms with Crippen molar-refractivity contribution in [2.75, 3.05) is 29.5 Å². The Morgan fingerprint density at radius 2 is 1.73 bits per heavy atom. The Hall–Kier alpha value is -3.58. The highest BCUT2D eigenvalue weighted by molar-refractivity contribution is 7.92. The average Bonchev–Trinajstić information content (AvgIpc) is 3.26. The van der Waals surface area contributed by atoms with Crippen molar-refractivity contribution in [1.29, 1.82) is 0 Å². The predicted molar refractivity (Wildman–Crippen MR) is 152 cm³/mol. The highest BCUT2D eigenvalue weighted by Crippen LogP contribution is 2.34. The smallest absolute Gasteiger partial charge is 0.328 e. The van der Waals surface area contributed by atoms with E-state index in [2.05, 4.69) is 10.3 Å². The summed E-state index contributed by atoms with van der Waals surface area (Å²) in [6.45, 7) is 7.08. The SMILES string of the molecule is CC(=O)N(C(=O)NC(C)C)c1ccc(S(=O)(=O)N(C)c2ccc3c(c2)nc(C(C)(F)F)n3CC2CCOCC2)cc1. The summed E-state index contributed by atoms with van der Waals surface area (Å²) in [6, 6.07) is 9.17. The van der Waals surface area contributed by atoms with Crippen LogP contribution in [0, 0.1) is 5.92 Å². The Kier molecular flexibility index (Phi) is 8.69. The van der Waals surface area contributed by atoms with Gasteiger partial charge in [-0.3, -0.25) is 9.10 Å². The number of hydrogen-bond acceptors (Lipinski definition) is 6. The first kappa shape index (κ1) is 30.4. The van der Waals surface area contributed by atoms with Crippen molar-refractivity contribution in [3.63, 3.8) is 0 Å². The Morgan fingerprint density at radius 3 is 2.29 bits per heavy atom. The molecule has 0 aliphatic carbocycles. The number of urea groups is 1. The van der Waals surface area contributed by atoms with E-state index in [0.717, 1.165) is 29.0 Å². The number of halogens is 2. The average molecular weight is 592 g/mol. The number of hydrogen-bond donors (Lipinski definition) is 1. The van der Waals surface area contributed by atoms with E-state index in [1.165, 1.54) is 48.9 Å². The van der Waals surface area contributed by atoms with Gasteiger partial charge in [0.15, 0.2) is 5.82 Å². The number of nitrogens with one attached hydrogen (secondary N) is 1. The first-order chi connectivity index (χ1) is 19.2. The van der Waals surface area contributed by atoms with Crippen LogP contribution in [0.25, 0.3) is 11.0 Å². The van der Waals surface area contributed by atoms with Crippen LogP contribution in [0.3, 0.4) is 0 Å². The van der Waals surface area contributed by atoms with E-state index in [9.17, 15) is 26.8 Å². The molecule has 3 aromatic rings. The maximum absolute atomic E-state index is 14.6. The van der Waals surface area contributed by atoms with Crippen LogP contribution in [0.15, 0.2) is 47.4 Å². The second kappa shape index (κ2) is 11.7. The van der Waals surface area contributed by atoms with E-state index in [4.69, 9.17) is 4.74 Å². The lowest BCUT2D eigenvalue weighted by atomic mass is 10.00. The van der Waals surface area contributed by atoms with Crippen LogP contribution in [0.4, 0.5) is 25.0 Å². The number of alkyl halides is 2. The fourth-order valence-corrected chi connectivity index (χ4v) is 6.03. The number of ether oxygens (including phenoxy) is 1. The molecule has 2 aromatic carbocycles. The zero-order valence-electron chi connectivity index (χ0n) is 23.7. The van der Waals surface area contributed by atoms with Crippen LogP contribution in [-0.2, 0) is 32.0 Å². The van der Waals surface area contributed by atoms with E-state index < -0.39 is 27.9 Å². The van der Waals surface area contributed by atoms with E-state index in [0.29, 0.717) is 25.3 Å². The molecule has 1 fully saturated rings. The molecule has 0 bridgehead atoms. The summed E-state index contributed by atoms with van der Waals surface area (Å²) in [7, 11) is -2.73. The summed E-state index contributed by atoms with van der Waals surface area (Å²) >= 11 is 0. The summed E-state index contributed by atoms with van der Waals surface area (Å²) in [6.07, 6.45) is 1.53. The monoisotopic (exact) mass is 591 g/mol. The first-order valence-electron chi connectivity index (χ1n) is 13.4. The lowest BCUT2D eigenvalue weighted by Gasteiger charge is -2.24. The number of anilines is 2. The van der Waals surface area contributed by atoms with Crippen molar-refractivity contribution < 1.29 is 31.5 Å². The molecule has 13 heteroatoms. The largest absolute Gasteiger partial charge is 0.381 e. The molecular weight excluding hydrogens is 556 g/mol. The summed E-state index contributed by atoms with van der Waals surface area (Å²) in [5.41, 5.74) is 1.21. The van der Waals surface area contributed by atoms with E-state index in [1.807, 2.05) is 0 Å². The Morgan fingerprint density at radius 1 is 1.12 bits per heavy atom. The molecule has 1 aliphatic heterocycles. The van der Waals surface area contributed by atoms with Gasteiger partial charge in [-0.2, -0.15) is 8.78 Å². The van der Waals surface area contributed by atoms with Crippen molar-refractivity contribution in [3.05, 3.63) is 48.3 Å². The number of fused-ring (bicyclic) bond motifs is 1. The number of nitrogens with zero attached hydrogens (tertiary/aromatic N) is 4.